The Labute approximate surface area is 163 Å². The van der Waals surface area contributed by atoms with E-state index < -0.39 is 23.7 Å². The van der Waals surface area contributed by atoms with Crippen LogP contribution in [0.15, 0.2) is 48.5 Å². The molecule has 1 aliphatic heterocycles. The number of ether oxygens (including phenoxy) is 1. The second-order valence-electron chi connectivity index (χ2n) is 6.05. The Morgan fingerprint density at radius 1 is 1.15 bits per heavy atom. The molecule has 2 aromatic carbocycles. The number of carbonyl (C=O) groups is 3. The van der Waals surface area contributed by atoms with Crippen molar-refractivity contribution in [3.8, 4) is 0 Å². The quantitative estimate of drug-likeness (QED) is 0.382. The summed E-state index contributed by atoms with van der Waals surface area (Å²) in [5.74, 6) is -1.94. The lowest BCUT2D eigenvalue weighted by atomic mass is 10.1. The van der Waals surface area contributed by atoms with Crippen molar-refractivity contribution in [1.29, 1.82) is 0 Å². The first-order valence-electron chi connectivity index (χ1n) is 8.21. The van der Waals surface area contributed by atoms with Crippen molar-refractivity contribution < 1.29 is 19.1 Å². The second-order valence-corrected chi connectivity index (χ2v) is 7.73. The van der Waals surface area contributed by atoms with Crippen LogP contribution in [0.3, 0.4) is 0 Å². The molecule has 1 aromatic heterocycles. The number of amides is 1. The molecule has 3 aromatic rings. The van der Waals surface area contributed by atoms with Crippen molar-refractivity contribution in [2.24, 2.45) is 0 Å². The number of para-hydroxylation sites is 2. The Balaban J connectivity index is 1.55. The number of hydrogen-bond donors (Lipinski definition) is 0. The van der Waals surface area contributed by atoms with Gasteiger partial charge in [0.25, 0.3) is 11.7 Å². The Kier molecular flexibility index (Phi) is 4.37. The Bertz CT molecular complexity index is 1150. The molecule has 0 saturated carbocycles. The molecule has 8 heteroatoms. The van der Waals surface area contributed by atoms with Crippen LogP contribution in [0.5, 0.6) is 0 Å². The third-order valence-corrected chi connectivity index (χ3v) is 5.89. The normalized spacial score (nSPS) is 14.5. The number of ketones is 1. The third-order valence-electron chi connectivity index (χ3n) is 4.46. The summed E-state index contributed by atoms with van der Waals surface area (Å²) < 4.78 is 8.73. The van der Waals surface area contributed by atoms with Crippen LogP contribution in [0.1, 0.15) is 17.3 Å². The standard InChI is InChI=1S/C19H14N2O4S2/c1-11(21-13-7-3-2-6-12(13)16(22)17(21)23)18(24)25-10-20-14-8-4-5-9-15(14)27-19(20)26/h2-9,11H,10H2,1H3/t11-/m0/s1. The van der Waals surface area contributed by atoms with Crippen LogP contribution in [-0.2, 0) is 21.1 Å². The lowest BCUT2D eigenvalue weighted by Crippen LogP contribution is -2.43. The van der Waals surface area contributed by atoms with Gasteiger partial charge in [0.15, 0.2) is 10.7 Å². The molecule has 0 N–H and O–H groups in total. The van der Waals surface area contributed by atoms with E-state index >= 15 is 0 Å². The van der Waals surface area contributed by atoms with Gasteiger partial charge in [0.2, 0.25) is 0 Å². The van der Waals surface area contributed by atoms with E-state index in [-0.39, 0.29) is 6.73 Å². The number of benzene rings is 2. The van der Waals surface area contributed by atoms with Crippen LogP contribution >= 0.6 is 23.6 Å². The minimum absolute atomic E-state index is 0.0519. The molecule has 1 amide bonds. The summed E-state index contributed by atoms with van der Waals surface area (Å²) in [6.45, 7) is 1.49. The zero-order valence-corrected chi connectivity index (χ0v) is 15.9. The van der Waals surface area contributed by atoms with E-state index in [4.69, 9.17) is 17.0 Å². The van der Waals surface area contributed by atoms with Crippen LogP contribution in [0.4, 0.5) is 5.69 Å². The fourth-order valence-electron chi connectivity index (χ4n) is 3.08. The van der Waals surface area contributed by atoms with Gasteiger partial charge in [-0.15, -0.1) is 11.3 Å². The molecule has 0 fully saturated rings. The van der Waals surface area contributed by atoms with Gasteiger partial charge in [-0.3, -0.25) is 19.1 Å². The zero-order chi connectivity index (χ0) is 19.1. The highest BCUT2D eigenvalue weighted by Crippen LogP contribution is 2.30. The van der Waals surface area contributed by atoms with Crippen molar-refractivity contribution in [1.82, 2.24) is 4.57 Å². The first-order chi connectivity index (χ1) is 13.0. The van der Waals surface area contributed by atoms with Gasteiger partial charge >= 0.3 is 5.97 Å². The topological polar surface area (TPSA) is 68.6 Å². The van der Waals surface area contributed by atoms with E-state index in [1.54, 1.807) is 35.8 Å². The van der Waals surface area contributed by atoms with Crippen LogP contribution in [0, 0.1) is 3.95 Å². The minimum atomic E-state index is -0.927. The molecule has 4 rings (SSSR count). The summed E-state index contributed by atoms with van der Waals surface area (Å²) in [5.41, 5.74) is 1.61. The van der Waals surface area contributed by atoms with Crippen LogP contribution in [-0.4, -0.2) is 28.3 Å². The summed E-state index contributed by atoms with van der Waals surface area (Å²) in [6.07, 6.45) is 0. The van der Waals surface area contributed by atoms with Crippen LogP contribution < -0.4 is 4.90 Å². The Hall–Kier alpha value is -2.84. The molecule has 1 aliphatic rings. The highest BCUT2D eigenvalue weighted by molar-refractivity contribution is 7.73. The zero-order valence-electron chi connectivity index (χ0n) is 14.2. The predicted octanol–water partition coefficient (Wildman–Crippen LogP) is 3.55. The van der Waals surface area contributed by atoms with Crippen molar-refractivity contribution in [3.63, 3.8) is 0 Å². The molecule has 0 saturated heterocycles. The molecule has 2 heterocycles. The summed E-state index contributed by atoms with van der Waals surface area (Å²) in [5, 5.41) is 0. The average Bonchev–Trinajstić information content (AvgIpc) is 3.13. The number of fused-ring (bicyclic) bond motifs is 2. The van der Waals surface area contributed by atoms with Gasteiger partial charge in [0.05, 0.1) is 21.5 Å². The number of thiazole rings is 1. The molecule has 0 spiro atoms. The van der Waals surface area contributed by atoms with Gasteiger partial charge in [0.1, 0.15) is 6.04 Å². The first-order valence-corrected chi connectivity index (χ1v) is 9.43. The van der Waals surface area contributed by atoms with E-state index in [1.165, 1.54) is 16.2 Å². The maximum absolute atomic E-state index is 12.6. The van der Waals surface area contributed by atoms with Crippen molar-refractivity contribution in [2.45, 2.75) is 19.7 Å². The van der Waals surface area contributed by atoms with Crippen molar-refractivity contribution >= 4 is 57.1 Å². The van der Waals surface area contributed by atoms with E-state index in [0.717, 1.165) is 10.2 Å². The summed E-state index contributed by atoms with van der Waals surface area (Å²) >= 11 is 6.78. The Morgan fingerprint density at radius 2 is 1.85 bits per heavy atom. The molecule has 0 radical (unpaired) electrons. The third kappa shape index (κ3) is 2.87. The summed E-state index contributed by atoms with van der Waals surface area (Å²) in [4.78, 5) is 38.2. The van der Waals surface area contributed by atoms with Crippen molar-refractivity contribution in [3.05, 3.63) is 58.0 Å². The SMILES string of the molecule is C[C@@H](C(=O)OCn1c(=S)sc2ccccc21)N1C(=O)C(=O)c2ccccc21. The van der Waals surface area contributed by atoms with E-state index in [2.05, 4.69) is 0 Å². The minimum Gasteiger partial charge on any atom is -0.442 e. The van der Waals surface area contributed by atoms with Crippen LogP contribution in [0.2, 0.25) is 0 Å². The van der Waals surface area contributed by atoms with Crippen LogP contribution in [0.25, 0.3) is 10.2 Å². The number of rotatable bonds is 4. The highest BCUT2D eigenvalue weighted by Gasteiger charge is 2.41. The van der Waals surface area contributed by atoms with Gasteiger partial charge < -0.3 is 4.74 Å². The van der Waals surface area contributed by atoms with Gasteiger partial charge in [-0.05, 0) is 43.4 Å². The summed E-state index contributed by atoms with van der Waals surface area (Å²) in [6, 6.07) is 13.3. The smallest absolute Gasteiger partial charge is 0.330 e. The lowest BCUT2D eigenvalue weighted by Gasteiger charge is -2.23. The molecule has 0 bridgehead atoms. The Morgan fingerprint density at radius 3 is 2.67 bits per heavy atom. The number of carbonyl (C=O) groups excluding carboxylic acids is 3. The fourth-order valence-corrected chi connectivity index (χ4v) is 4.38. The molecular formula is C19H14N2O4S2. The second kappa shape index (κ2) is 6.71. The number of aromatic nitrogens is 1. The van der Waals surface area contributed by atoms with E-state index in [0.29, 0.717) is 15.2 Å². The number of anilines is 1. The summed E-state index contributed by atoms with van der Waals surface area (Å²) in [7, 11) is 0. The maximum Gasteiger partial charge on any atom is 0.330 e. The van der Waals surface area contributed by atoms with E-state index in [9.17, 15) is 14.4 Å². The highest BCUT2D eigenvalue weighted by atomic mass is 32.1. The molecular weight excluding hydrogens is 384 g/mol. The van der Waals surface area contributed by atoms with Gasteiger partial charge in [-0.2, -0.15) is 0 Å². The number of esters is 1. The molecule has 0 unspecified atom stereocenters. The fraction of sp³-hybridized carbons (Fsp3) is 0.158. The number of hydrogen-bond acceptors (Lipinski definition) is 6. The monoisotopic (exact) mass is 398 g/mol. The largest absolute Gasteiger partial charge is 0.442 e. The van der Waals surface area contributed by atoms with Gasteiger partial charge in [-0.1, -0.05) is 24.3 Å². The molecule has 1 atom stereocenters. The predicted molar refractivity (Wildman–Crippen MR) is 104 cm³/mol. The van der Waals surface area contributed by atoms with Gasteiger partial charge in [-0.25, -0.2) is 4.79 Å². The lowest BCUT2D eigenvalue weighted by molar-refractivity contribution is -0.149. The number of nitrogens with zero attached hydrogens (tertiary/aromatic N) is 2. The molecule has 0 aliphatic carbocycles. The average molecular weight is 398 g/mol. The molecule has 136 valence electrons. The molecule has 27 heavy (non-hydrogen) atoms. The van der Waals surface area contributed by atoms with Crippen molar-refractivity contribution in [2.75, 3.05) is 4.90 Å². The maximum atomic E-state index is 12.6. The first kappa shape index (κ1) is 17.6. The molecule has 6 nitrogen and oxygen atoms in total. The van der Waals surface area contributed by atoms with E-state index in [1.807, 2.05) is 24.3 Å². The number of Topliss-reactive ketones (excluding diaryl/α,β-unsaturated/α-hetero) is 1. The van der Waals surface area contributed by atoms with Gasteiger partial charge in [0, 0.05) is 0 Å².